The number of nitrogens with zero attached hydrogens (tertiary/aromatic N) is 2. The molecule has 98 valence electrons. The Morgan fingerprint density at radius 2 is 1.78 bits per heavy atom. The SMILES string of the molecule is CCN1CCN(C(=S)Cc2ccc(F)cc2)CC1. The molecule has 0 amide bonds. The predicted octanol–water partition coefficient (Wildman–Crippen LogP) is 2.33. The van der Waals surface area contributed by atoms with Crippen LogP contribution >= 0.6 is 12.2 Å². The van der Waals surface area contributed by atoms with Crippen LogP contribution in [-0.4, -0.2) is 47.5 Å². The van der Waals surface area contributed by atoms with Gasteiger partial charge in [-0.25, -0.2) is 4.39 Å². The minimum atomic E-state index is -0.193. The van der Waals surface area contributed by atoms with Crippen molar-refractivity contribution in [1.29, 1.82) is 0 Å². The Bertz CT molecular complexity index is 397. The molecule has 1 aliphatic heterocycles. The van der Waals surface area contributed by atoms with E-state index in [1.165, 1.54) is 12.1 Å². The Labute approximate surface area is 113 Å². The van der Waals surface area contributed by atoms with Crippen molar-refractivity contribution in [2.75, 3.05) is 32.7 Å². The van der Waals surface area contributed by atoms with Crippen LogP contribution in [0.4, 0.5) is 4.39 Å². The second-order valence-electron chi connectivity index (χ2n) is 4.62. The van der Waals surface area contributed by atoms with Gasteiger partial charge in [-0.05, 0) is 24.2 Å². The molecule has 4 heteroatoms. The van der Waals surface area contributed by atoms with Gasteiger partial charge >= 0.3 is 0 Å². The van der Waals surface area contributed by atoms with Crippen LogP contribution in [0.2, 0.25) is 0 Å². The number of hydrogen-bond donors (Lipinski definition) is 0. The standard InChI is InChI=1S/C14H19FN2S/c1-2-16-7-9-17(10-8-16)14(18)11-12-3-5-13(15)6-4-12/h3-6H,2,7-11H2,1H3. The van der Waals surface area contributed by atoms with Crippen LogP contribution in [-0.2, 0) is 6.42 Å². The van der Waals surface area contributed by atoms with Crippen molar-refractivity contribution in [3.63, 3.8) is 0 Å². The molecule has 0 N–H and O–H groups in total. The summed E-state index contributed by atoms with van der Waals surface area (Å²) in [5.74, 6) is -0.193. The van der Waals surface area contributed by atoms with Crippen molar-refractivity contribution < 1.29 is 4.39 Å². The second-order valence-corrected chi connectivity index (χ2v) is 5.09. The van der Waals surface area contributed by atoms with E-state index in [-0.39, 0.29) is 5.82 Å². The molecule has 18 heavy (non-hydrogen) atoms. The first kappa shape index (κ1) is 13.4. The van der Waals surface area contributed by atoms with E-state index in [1.54, 1.807) is 0 Å². The van der Waals surface area contributed by atoms with Crippen molar-refractivity contribution in [1.82, 2.24) is 9.80 Å². The number of benzene rings is 1. The Morgan fingerprint density at radius 3 is 2.33 bits per heavy atom. The lowest BCUT2D eigenvalue weighted by atomic mass is 10.1. The zero-order valence-corrected chi connectivity index (χ0v) is 11.5. The quantitative estimate of drug-likeness (QED) is 0.775. The number of thiocarbonyl (C=S) groups is 1. The minimum absolute atomic E-state index is 0.193. The maximum atomic E-state index is 12.8. The average molecular weight is 266 g/mol. The molecule has 2 rings (SSSR count). The third kappa shape index (κ3) is 3.50. The van der Waals surface area contributed by atoms with Crippen molar-refractivity contribution in [2.45, 2.75) is 13.3 Å². The maximum absolute atomic E-state index is 12.8. The largest absolute Gasteiger partial charge is 0.363 e. The van der Waals surface area contributed by atoms with Gasteiger partial charge < -0.3 is 9.80 Å². The van der Waals surface area contributed by atoms with Gasteiger partial charge in [-0.15, -0.1) is 0 Å². The smallest absolute Gasteiger partial charge is 0.123 e. The van der Waals surface area contributed by atoms with Gasteiger partial charge in [0.25, 0.3) is 0 Å². The van der Waals surface area contributed by atoms with Gasteiger partial charge in [0.15, 0.2) is 0 Å². The average Bonchev–Trinajstić information content (AvgIpc) is 2.41. The molecule has 0 aliphatic carbocycles. The third-order valence-electron chi connectivity index (χ3n) is 3.44. The normalized spacial score (nSPS) is 16.9. The highest BCUT2D eigenvalue weighted by atomic mass is 32.1. The molecule has 0 unspecified atom stereocenters. The monoisotopic (exact) mass is 266 g/mol. The van der Waals surface area contributed by atoms with Gasteiger partial charge in [0.2, 0.25) is 0 Å². The molecular weight excluding hydrogens is 247 g/mol. The van der Waals surface area contributed by atoms with Crippen molar-refractivity contribution in [2.24, 2.45) is 0 Å². The topological polar surface area (TPSA) is 6.48 Å². The van der Waals surface area contributed by atoms with Gasteiger partial charge in [0.1, 0.15) is 5.82 Å². The molecule has 1 fully saturated rings. The summed E-state index contributed by atoms with van der Waals surface area (Å²) in [6.07, 6.45) is 0.738. The van der Waals surface area contributed by atoms with Gasteiger partial charge in [-0.1, -0.05) is 31.3 Å². The number of piperazine rings is 1. The van der Waals surface area contributed by atoms with Gasteiger partial charge in [0.05, 0.1) is 4.99 Å². The molecule has 1 aliphatic rings. The van der Waals surface area contributed by atoms with E-state index >= 15 is 0 Å². The van der Waals surface area contributed by atoms with Crippen LogP contribution in [0.15, 0.2) is 24.3 Å². The van der Waals surface area contributed by atoms with Gasteiger partial charge in [0, 0.05) is 32.6 Å². The fourth-order valence-corrected chi connectivity index (χ4v) is 2.55. The summed E-state index contributed by atoms with van der Waals surface area (Å²) in [5.41, 5.74) is 1.08. The van der Waals surface area contributed by atoms with Crippen LogP contribution < -0.4 is 0 Å². The molecule has 2 nitrogen and oxygen atoms in total. The first-order chi connectivity index (χ1) is 8.69. The van der Waals surface area contributed by atoms with Crippen molar-refractivity contribution >= 4 is 17.2 Å². The molecule has 0 spiro atoms. The number of rotatable bonds is 3. The van der Waals surface area contributed by atoms with Crippen LogP contribution in [0.25, 0.3) is 0 Å². The summed E-state index contributed by atoms with van der Waals surface area (Å²) in [6.45, 7) is 7.48. The van der Waals surface area contributed by atoms with Crippen LogP contribution in [0.1, 0.15) is 12.5 Å². The highest BCUT2D eigenvalue weighted by molar-refractivity contribution is 7.80. The zero-order chi connectivity index (χ0) is 13.0. The van der Waals surface area contributed by atoms with Crippen LogP contribution in [0.3, 0.4) is 0 Å². The molecule has 0 aromatic heterocycles. The third-order valence-corrected chi connectivity index (χ3v) is 3.84. The lowest BCUT2D eigenvalue weighted by Gasteiger charge is -2.35. The summed E-state index contributed by atoms with van der Waals surface area (Å²) in [5, 5.41) is 0. The van der Waals surface area contributed by atoms with Crippen molar-refractivity contribution in [3.8, 4) is 0 Å². The Balaban J connectivity index is 1.87. The lowest BCUT2D eigenvalue weighted by molar-refractivity contribution is 0.190. The summed E-state index contributed by atoms with van der Waals surface area (Å²) in [6, 6.07) is 6.60. The van der Waals surface area contributed by atoms with E-state index in [0.29, 0.717) is 0 Å². The highest BCUT2D eigenvalue weighted by Crippen LogP contribution is 2.09. The highest BCUT2D eigenvalue weighted by Gasteiger charge is 2.17. The summed E-state index contributed by atoms with van der Waals surface area (Å²) in [4.78, 5) is 5.67. The second kappa shape index (κ2) is 6.25. The van der Waals surface area contributed by atoms with Crippen molar-refractivity contribution in [3.05, 3.63) is 35.6 Å². The van der Waals surface area contributed by atoms with Gasteiger partial charge in [-0.2, -0.15) is 0 Å². The Kier molecular flexibility index (Phi) is 4.66. The maximum Gasteiger partial charge on any atom is 0.123 e. The van der Waals surface area contributed by atoms with E-state index in [0.717, 1.165) is 49.7 Å². The fraction of sp³-hybridized carbons (Fsp3) is 0.500. The molecule has 1 saturated heterocycles. The Hall–Kier alpha value is -1.00. The van der Waals surface area contributed by atoms with Gasteiger partial charge in [-0.3, -0.25) is 0 Å². The summed E-state index contributed by atoms with van der Waals surface area (Å²) in [7, 11) is 0. The molecular formula is C14H19FN2S. The molecule has 0 saturated carbocycles. The van der Waals surface area contributed by atoms with E-state index in [4.69, 9.17) is 12.2 Å². The van der Waals surface area contributed by atoms with Crippen LogP contribution in [0.5, 0.6) is 0 Å². The van der Waals surface area contributed by atoms with Crippen LogP contribution in [0, 0.1) is 5.82 Å². The first-order valence-electron chi connectivity index (χ1n) is 6.43. The number of likely N-dealkylation sites (N-methyl/N-ethyl adjacent to an activating group) is 1. The predicted molar refractivity (Wildman–Crippen MR) is 76.4 cm³/mol. The van der Waals surface area contributed by atoms with E-state index in [1.807, 2.05) is 12.1 Å². The fourth-order valence-electron chi connectivity index (χ4n) is 2.20. The number of hydrogen-bond acceptors (Lipinski definition) is 2. The molecule has 0 radical (unpaired) electrons. The summed E-state index contributed by atoms with van der Waals surface area (Å²) < 4.78 is 12.8. The van der Waals surface area contributed by atoms with E-state index in [9.17, 15) is 4.39 Å². The molecule has 0 bridgehead atoms. The summed E-state index contributed by atoms with van der Waals surface area (Å²) >= 11 is 5.48. The molecule has 1 heterocycles. The molecule has 0 atom stereocenters. The van der Waals surface area contributed by atoms with E-state index in [2.05, 4.69) is 16.7 Å². The molecule has 1 aromatic rings. The minimum Gasteiger partial charge on any atom is -0.363 e. The molecule has 1 aromatic carbocycles. The first-order valence-corrected chi connectivity index (χ1v) is 6.84. The zero-order valence-electron chi connectivity index (χ0n) is 10.7. The van der Waals surface area contributed by atoms with E-state index < -0.39 is 0 Å². The number of halogens is 1. The Morgan fingerprint density at radius 1 is 1.17 bits per heavy atom. The lowest BCUT2D eigenvalue weighted by Crippen LogP contribution is -2.48.